The van der Waals surface area contributed by atoms with Gasteiger partial charge >= 0.3 is 0 Å². The highest BCUT2D eigenvalue weighted by Crippen LogP contribution is 2.51. The Morgan fingerprint density at radius 2 is 1.00 bits per heavy atom. The average molecular weight is 672 g/mol. The summed E-state index contributed by atoms with van der Waals surface area (Å²) >= 11 is 0. The van der Waals surface area contributed by atoms with Crippen LogP contribution in [0.2, 0.25) is 0 Å². The van der Waals surface area contributed by atoms with Crippen LogP contribution in [0.3, 0.4) is 0 Å². The third-order valence-electron chi connectivity index (χ3n) is 10.5. The molecule has 0 saturated carbocycles. The zero-order valence-electron chi connectivity index (χ0n) is 29.3. The van der Waals surface area contributed by atoms with Crippen molar-refractivity contribution in [1.82, 2.24) is 0 Å². The standard InChI is InChI=1S/C45H29B5OS/c1-52(2,3)36-17-9-16-34-39(36)32-21-19-26(23-35(32)51-34)37-29-13-6-7-14-30(29)38(40-41(46)43(48)45(50)44(49)42(40)47)33-22-25(18-20-31(33)37)28-15-8-11-24-10-4-5-12-27(24)28/h4-23H,1-3H3. The van der Waals surface area contributed by atoms with E-state index in [0.717, 1.165) is 65.9 Å². The second-order valence-electron chi connectivity index (χ2n) is 14.3. The molecule has 9 rings (SSSR count). The van der Waals surface area contributed by atoms with Crippen LogP contribution in [-0.2, 0) is 0 Å². The molecule has 1 nitrogen and oxygen atoms in total. The Kier molecular flexibility index (Phi) is 7.61. The molecule has 0 bridgehead atoms. The van der Waals surface area contributed by atoms with Gasteiger partial charge in [-0.05, 0) is 115 Å². The fourth-order valence-electron chi connectivity index (χ4n) is 7.98. The first-order valence-corrected chi connectivity index (χ1v) is 20.0. The summed E-state index contributed by atoms with van der Waals surface area (Å²) < 4.78 is 6.60. The van der Waals surface area contributed by atoms with Crippen LogP contribution in [0.4, 0.5) is 0 Å². The maximum absolute atomic E-state index is 6.83. The highest BCUT2D eigenvalue weighted by Gasteiger charge is 2.23. The van der Waals surface area contributed by atoms with Crippen LogP contribution in [0.25, 0.3) is 87.6 Å². The Hall–Kier alpha value is -4.99. The minimum absolute atomic E-state index is 0.191. The Morgan fingerprint density at radius 1 is 0.423 bits per heavy atom. The first-order valence-electron chi connectivity index (χ1n) is 17.1. The summed E-state index contributed by atoms with van der Waals surface area (Å²) in [7, 11) is 32.0. The number of benzene rings is 8. The summed E-state index contributed by atoms with van der Waals surface area (Å²) in [5, 5.41) is 8.64. The summed E-state index contributed by atoms with van der Waals surface area (Å²) in [6, 6.07) is 42.8. The van der Waals surface area contributed by atoms with Crippen LogP contribution in [0.1, 0.15) is 0 Å². The van der Waals surface area contributed by atoms with Gasteiger partial charge in [0.1, 0.15) is 50.4 Å². The number of hydrogen-bond donors (Lipinski definition) is 0. The van der Waals surface area contributed by atoms with Crippen molar-refractivity contribution in [3.05, 3.63) is 121 Å². The predicted molar refractivity (Wildman–Crippen MR) is 233 cm³/mol. The molecule has 0 aliphatic rings. The summed E-state index contributed by atoms with van der Waals surface area (Å²) in [4.78, 5) is 1.34. The van der Waals surface area contributed by atoms with Crippen molar-refractivity contribution < 1.29 is 4.42 Å². The SMILES string of the molecule is [B]c1c([B])c([B])c(-c2c3ccccc3c(-c3ccc4c(c3)oc3cccc(S(C)(C)C)c34)c3ccc(-c4cccc5ccccc45)cc23)c([B])c1[B]. The molecule has 9 aromatic rings. The van der Waals surface area contributed by atoms with E-state index in [0.29, 0.717) is 16.5 Å². The monoisotopic (exact) mass is 672 g/mol. The Balaban J connectivity index is 1.42. The van der Waals surface area contributed by atoms with E-state index in [1.54, 1.807) is 0 Å². The van der Waals surface area contributed by atoms with Crippen LogP contribution < -0.4 is 27.3 Å². The van der Waals surface area contributed by atoms with Crippen LogP contribution in [0, 0.1) is 0 Å². The predicted octanol–water partition coefficient (Wildman–Crippen LogP) is 7.07. The lowest BCUT2D eigenvalue weighted by Gasteiger charge is -2.26. The van der Waals surface area contributed by atoms with Gasteiger partial charge in [-0.3, -0.25) is 0 Å². The fourth-order valence-corrected chi connectivity index (χ4v) is 9.29. The minimum Gasteiger partial charge on any atom is -0.456 e. The number of hydrogen-bond acceptors (Lipinski definition) is 1. The molecular weight excluding hydrogens is 643 g/mol. The first kappa shape index (κ1) is 32.9. The van der Waals surface area contributed by atoms with Crippen molar-refractivity contribution in [2.45, 2.75) is 4.90 Å². The third kappa shape index (κ3) is 4.93. The molecular formula is C45H29B5OS. The van der Waals surface area contributed by atoms with Gasteiger partial charge < -0.3 is 4.42 Å². The molecule has 0 aliphatic carbocycles. The van der Waals surface area contributed by atoms with Gasteiger partial charge in [-0.2, -0.15) is 0 Å². The lowest BCUT2D eigenvalue weighted by molar-refractivity contribution is 0.668. The van der Waals surface area contributed by atoms with E-state index in [1.807, 2.05) is 6.07 Å². The molecule has 0 atom stereocenters. The van der Waals surface area contributed by atoms with Gasteiger partial charge in [-0.15, -0.1) is 16.4 Å². The van der Waals surface area contributed by atoms with E-state index in [9.17, 15) is 0 Å². The summed E-state index contributed by atoms with van der Waals surface area (Å²) in [5.41, 5.74) is 8.74. The van der Waals surface area contributed by atoms with E-state index < -0.39 is 10.0 Å². The summed E-state index contributed by atoms with van der Waals surface area (Å²) in [6.07, 6.45) is 6.97. The number of rotatable bonds is 4. The van der Waals surface area contributed by atoms with Gasteiger partial charge in [0.05, 0.1) is 0 Å². The molecule has 0 spiro atoms. The van der Waals surface area contributed by atoms with Crippen molar-refractivity contribution in [2.75, 3.05) is 18.8 Å². The Bertz CT molecular complexity index is 2920. The minimum atomic E-state index is -1.00. The molecule has 10 radical (unpaired) electrons. The lowest BCUT2D eigenvalue weighted by Crippen LogP contribution is -2.55. The summed E-state index contributed by atoms with van der Waals surface area (Å²) in [6.45, 7) is 0. The molecule has 1 heterocycles. The van der Waals surface area contributed by atoms with Crippen LogP contribution >= 0.6 is 10.0 Å². The molecule has 8 aromatic carbocycles. The molecule has 0 aliphatic heterocycles. The highest BCUT2D eigenvalue weighted by atomic mass is 32.3. The van der Waals surface area contributed by atoms with Gasteiger partial charge in [-0.1, -0.05) is 102 Å². The van der Waals surface area contributed by atoms with Gasteiger partial charge in [-0.25, -0.2) is 10.0 Å². The van der Waals surface area contributed by atoms with Gasteiger partial charge in [0.15, 0.2) is 0 Å². The molecule has 0 saturated heterocycles. The quantitative estimate of drug-likeness (QED) is 0.144. The van der Waals surface area contributed by atoms with E-state index >= 15 is 0 Å². The van der Waals surface area contributed by atoms with Gasteiger partial charge in [0.25, 0.3) is 0 Å². The fraction of sp³-hybridized carbons (Fsp3) is 0.0667. The van der Waals surface area contributed by atoms with Gasteiger partial charge in [0.2, 0.25) is 0 Å². The van der Waals surface area contributed by atoms with Crippen molar-refractivity contribution in [3.63, 3.8) is 0 Å². The van der Waals surface area contributed by atoms with Crippen molar-refractivity contribution in [1.29, 1.82) is 0 Å². The van der Waals surface area contributed by atoms with E-state index in [-0.39, 0.29) is 16.4 Å². The van der Waals surface area contributed by atoms with Crippen LogP contribution in [-0.4, -0.2) is 58.0 Å². The third-order valence-corrected chi connectivity index (χ3v) is 12.1. The number of fused-ring (bicyclic) bond motifs is 6. The lowest BCUT2D eigenvalue weighted by atomic mass is 9.59. The Labute approximate surface area is 312 Å². The zero-order valence-corrected chi connectivity index (χ0v) is 30.1. The first-order chi connectivity index (χ1) is 25.0. The second-order valence-corrected chi connectivity index (χ2v) is 18.4. The van der Waals surface area contributed by atoms with Crippen molar-refractivity contribution in [2.24, 2.45) is 0 Å². The summed E-state index contributed by atoms with van der Waals surface area (Å²) in [5.74, 6) is 0. The molecule has 7 heteroatoms. The maximum atomic E-state index is 6.83. The van der Waals surface area contributed by atoms with Crippen molar-refractivity contribution >= 4 is 131 Å². The normalized spacial score (nSPS) is 12.4. The van der Waals surface area contributed by atoms with E-state index in [2.05, 4.69) is 134 Å². The molecule has 1 aromatic heterocycles. The molecule has 0 unspecified atom stereocenters. The van der Waals surface area contributed by atoms with E-state index in [4.69, 9.17) is 43.6 Å². The topological polar surface area (TPSA) is 13.1 Å². The molecule has 0 N–H and O–H groups in total. The Morgan fingerprint density at radius 3 is 1.73 bits per heavy atom. The maximum Gasteiger partial charge on any atom is 0.136 e. The molecule has 0 amide bonds. The van der Waals surface area contributed by atoms with Crippen LogP contribution in [0.15, 0.2) is 131 Å². The van der Waals surface area contributed by atoms with Crippen molar-refractivity contribution in [3.8, 4) is 33.4 Å². The molecule has 0 fully saturated rings. The zero-order chi connectivity index (χ0) is 36.1. The smallest absolute Gasteiger partial charge is 0.136 e. The van der Waals surface area contributed by atoms with Crippen LogP contribution in [0.5, 0.6) is 0 Å². The average Bonchev–Trinajstić information content (AvgIpc) is 3.53. The second kappa shape index (κ2) is 12.0. The highest BCUT2D eigenvalue weighted by molar-refractivity contribution is 8.32. The number of furan rings is 1. The molecule has 236 valence electrons. The molecule has 52 heavy (non-hydrogen) atoms. The van der Waals surface area contributed by atoms with E-state index in [1.165, 1.54) is 21.1 Å². The van der Waals surface area contributed by atoms with Gasteiger partial charge in [0, 0.05) is 15.7 Å². The largest absolute Gasteiger partial charge is 0.456 e.